The second kappa shape index (κ2) is 8.62. The maximum atomic E-state index is 4.74. The number of benzene rings is 1. The molecule has 7 heteroatoms. The first kappa shape index (κ1) is 18.1. The molecule has 0 radical (unpaired) electrons. The fourth-order valence-corrected chi connectivity index (χ4v) is 3.30. The van der Waals surface area contributed by atoms with Crippen LogP contribution in [0.2, 0.25) is 0 Å². The number of guanidine groups is 1. The van der Waals surface area contributed by atoms with Gasteiger partial charge < -0.3 is 15.2 Å². The van der Waals surface area contributed by atoms with E-state index in [1.807, 2.05) is 43.9 Å². The van der Waals surface area contributed by atoms with E-state index < -0.39 is 0 Å². The third-order valence-electron chi connectivity index (χ3n) is 4.01. The van der Waals surface area contributed by atoms with Gasteiger partial charge in [-0.05, 0) is 19.4 Å². The molecule has 0 amide bonds. The van der Waals surface area contributed by atoms with Crippen LogP contribution < -0.4 is 5.32 Å². The Morgan fingerprint density at radius 2 is 2.08 bits per heavy atom. The van der Waals surface area contributed by atoms with E-state index in [9.17, 15) is 0 Å². The molecule has 1 aromatic carbocycles. The lowest BCUT2D eigenvalue weighted by Gasteiger charge is -2.21. The van der Waals surface area contributed by atoms with Gasteiger partial charge in [0.1, 0.15) is 5.82 Å². The summed E-state index contributed by atoms with van der Waals surface area (Å²) >= 11 is 1.64. The number of H-pyrrole nitrogens is 1. The summed E-state index contributed by atoms with van der Waals surface area (Å²) in [6.45, 7) is 6.20. The molecule has 0 aliphatic rings. The van der Waals surface area contributed by atoms with Crippen LogP contribution in [0.5, 0.6) is 0 Å². The molecule has 2 aromatic heterocycles. The summed E-state index contributed by atoms with van der Waals surface area (Å²) in [5, 5.41) is 3.34. The zero-order chi connectivity index (χ0) is 18.4. The molecule has 0 unspecified atom stereocenters. The standard InChI is InChI=1S/C19H24N6S/c1-4-20-19(22-11-17-14(2)23-13-26-17)25(3)12-18-21-10-16(24-18)15-8-6-5-7-9-15/h5-10,13H,4,11-12H2,1-3H3,(H,20,22)(H,21,24). The van der Waals surface area contributed by atoms with Crippen molar-refractivity contribution in [1.29, 1.82) is 0 Å². The van der Waals surface area contributed by atoms with Crippen molar-refractivity contribution in [3.05, 3.63) is 58.4 Å². The van der Waals surface area contributed by atoms with Crippen LogP contribution in [0.4, 0.5) is 0 Å². The minimum absolute atomic E-state index is 0.636. The third-order valence-corrected chi connectivity index (χ3v) is 4.93. The second-order valence-electron chi connectivity index (χ2n) is 6.00. The largest absolute Gasteiger partial charge is 0.357 e. The van der Waals surface area contributed by atoms with Crippen molar-refractivity contribution in [2.45, 2.75) is 26.9 Å². The number of imidazole rings is 1. The van der Waals surface area contributed by atoms with Crippen LogP contribution in [-0.4, -0.2) is 39.4 Å². The molecule has 0 spiro atoms. The molecule has 0 bridgehead atoms. The van der Waals surface area contributed by atoms with Gasteiger partial charge in [0.05, 0.1) is 36.2 Å². The van der Waals surface area contributed by atoms with E-state index in [-0.39, 0.29) is 0 Å². The Morgan fingerprint density at radius 1 is 1.27 bits per heavy atom. The van der Waals surface area contributed by atoms with Crippen molar-refractivity contribution >= 4 is 17.3 Å². The van der Waals surface area contributed by atoms with Gasteiger partial charge in [-0.3, -0.25) is 0 Å². The highest BCUT2D eigenvalue weighted by atomic mass is 32.1. The van der Waals surface area contributed by atoms with E-state index in [1.165, 1.54) is 4.88 Å². The Kier molecular flexibility index (Phi) is 6.01. The lowest BCUT2D eigenvalue weighted by atomic mass is 10.2. The predicted octanol–water partition coefficient (Wildman–Crippen LogP) is 3.44. The molecule has 2 N–H and O–H groups in total. The summed E-state index contributed by atoms with van der Waals surface area (Å²) in [7, 11) is 2.02. The molecule has 0 fully saturated rings. The zero-order valence-electron chi connectivity index (χ0n) is 15.4. The van der Waals surface area contributed by atoms with Crippen LogP contribution in [0.1, 0.15) is 23.3 Å². The quantitative estimate of drug-likeness (QED) is 0.517. The number of nitrogens with zero attached hydrogens (tertiary/aromatic N) is 4. The van der Waals surface area contributed by atoms with Crippen LogP contribution in [0, 0.1) is 6.92 Å². The van der Waals surface area contributed by atoms with E-state index >= 15 is 0 Å². The normalized spacial score (nSPS) is 11.6. The molecule has 0 saturated heterocycles. The number of aromatic nitrogens is 3. The number of hydrogen-bond donors (Lipinski definition) is 2. The number of aliphatic imine (C=N–C) groups is 1. The van der Waals surface area contributed by atoms with E-state index in [1.54, 1.807) is 11.3 Å². The van der Waals surface area contributed by atoms with Crippen LogP contribution >= 0.6 is 11.3 Å². The maximum Gasteiger partial charge on any atom is 0.194 e. The third kappa shape index (κ3) is 4.49. The average Bonchev–Trinajstić information content (AvgIpc) is 3.28. The molecule has 3 aromatic rings. The van der Waals surface area contributed by atoms with Gasteiger partial charge in [-0.15, -0.1) is 11.3 Å². The fraction of sp³-hybridized carbons (Fsp3) is 0.316. The Hall–Kier alpha value is -2.67. The van der Waals surface area contributed by atoms with Gasteiger partial charge >= 0.3 is 0 Å². The molecule has 0 aliphatic heterocycles. The van der Waals surface area contributed by atoms with Crippen molar-refractivity contribution in [1.82, 2.24) is 25.2 Å². The monoisotopic (exact) mass is 368 g/mol. The van der Waals surface area contributed by atoms with Crippen LogP contribution in [-0.2, 0) is 13.1 Å². The number of aryl methyl sites for hydroxylation is 1. The summed E-state index contributed by atoms with van der Waals surface area (Å²) in [5.74, 6) is 1.77. The predicted molar refractivity (Wildman–Crippen MR) is 107 cm³/mol. The number of rotatable bonds is 6. The Bertz CT molecular complexity index is 852. The molecular weight excluding hydrogens is 344 g/mol. The summed E-state index contributed by atoms with van der Waals surface area (Å²) in [5.41, 5.74) is 5.08. The maximum absolute atomic E-state index is 4.74. The Labute approximate surface area is 158 Å². The number of thiazole rings is 1. The number of nitrogens with one attached hydrogen (secondary N) is 2. The fourth-order valence-electron chi connectivity index (χ4n) is 2.60. The van der Waals surface area contributed by atoms with Gasteiger partial charge in [-0.2, -0.15) is 0 Å². The van der Waals surface area contributed by atoms with Crippen LogP contribution in [0.3, 0.4) is 0 Å². The second-order valence-corrected chi connectivity index (χ2v) is 6.94. The molecule has 3 rings (SSSR count). The van der Waals surface area contributed by atoms with E-state index in [4.69, 9.17) is 4.99 Å². The number of aromatic amines is 1. The first-order valence-electron chi connectivity index (χ1n) is 8.65. The van der Waals surface area contributed by atoms with Crippen molar-refractivity contribution in [2.75, 3.05) is 13.6 Å². The van der Waals surface area contributed by atoms with Gasteiger partial charge in [0, 0.05) is 18.5 Å². The van der Waals surface area contributed by atoms with Crippen LogP contribution in [0.25, 0.3) is 11.3 Å². The van der Waals surface area contributed by atoms with Gasteiger partial charge in [0.15, 0.2) is 5.96 Å². The SMILES string of the molecule is CCNC(=NCc1scnc1C)N(C)Cc1ncc(-c2ccccc2)[nH]1. The van der Waals surface area contributed by atoms with Crippen molar-refractivity contribution in [2.24, 2.45) is 4.99 Å². The summed E-state index contributed by atoms with van der Waals surface area (Å²) in [4.78, 5) is 20.2. The average molecular weight is 369 g/mol. The molecule has 6 nitrogen and oxygen atoms in total. The molecule has 0 atom stereocenters. The highest BCUT2D eigenvalue weighted by molar-refractivity contribution is 7.09. The lowest BCUT2D eigenvalue weighted by molar-refractivity contribution is 0.464. The minimum atomic E-state index is 0.636. The minimum Gasteiger partial charge on any atom is -0.357 e. The zero-order valence-corrected chi connectivity index (χ0v) is 16.2. The molecule has 0 saturated carbocycles. The van der Waals surface area contributed by atoms with E-state index in [0.717, 1.165) is 35.3 Å². The molecular formula is C19H24N6S. The topological polar surface area (TPSA) is 69.2 Å². The van der Waals surface area contributed by atoms with Gasteiger partial charge in [0.25, 0.3) is 0 Å². The molecule has 136 valence electrons. The van der Waals surface area contributed by atoms with Gasteiger partial charge in [0.2, 0.25) is 0 Å². The Balaban J connectivity index is 1.69. The smallest absolute Gasteiger partial charge is 0.194 e. The molecule has 2 heterocycles. The summed E-state index contributed by atoms with van der Waals surface area (Å²) in [6.07, 6.45) is 1.88. The first-order valence-corrected chi connectivity index (χ1v) is 9.53. The van der Waals surface area contributed by atoms with Crippen molar-refractivity contribution < 1.29 is 0 Å². The molecule has 0 aliphatic carbocycles. The van der Waals surface area contributed by atoms with Gasteiger partial charge in [-0.1, -0.05) is 30.3 Å². The van der Waals surface area contributed by atoms with E-state index in [0.29, 0.717) is 13.1 Å². The first-order chi connectivity index (χ1) is 12.7. The highest BCUT2D eigenvalue weighted by Gasteiger charge is 2.10. The van der Waals surface area contributed by atoms with E-state index in [2.05, 4.69) is 44.2 Å². The van der Waals surface area contributed by atoms with Crippen molar-refractivity contribution in [3.63, 3.8) is 0 Å². The molecule has 26 heavy (non-hydrogen) atoms. The summed E-state index contributed by atoms with van der Waals surface area (Å²) < 4.78 is 0. The summed E-state index contributed by atoms with van der Waals surface area (Å²) in [6, 6.07) is 10.2. The van der Waals surface area contributed by atoms with Gasteiger partial charge in [-0.25, -0.2) is 15.0 Å². The highest BCUT2D eigenvalue weighted by Crippen LogP contribution is 2.17. The lowest BCUT2D eigenvalue weighted by Crippen LogP contribution is -2.38. The number of hydrogen-bond acceptors (Lipinski definition) is 4. The Morgan fingerprint density at radius 3 is 2.77 bits per heavy atom. The van der Waals surface area contributed by atoms with Crippen LogP contribution in [0.15, 0.2) is 47.0 Å². The van der Waals surface area contributed by atoms with Crippen molar-refractivity contribution in [3.8, 4) is 11.3 Å².